The maximum Gasteiger partial charge on any atom is 0.0889 e. The fourth-order valence-corrected chi connectivity index (χ4v) is 4.51. The maximum atomic E-state index is 6.25. The number of hydrogen-bond acceptors (Lipinski definition) is 3. The molecule has 1 saturated heterocycles. The Morgan fingerprint density at radius 2 is 1.86 bits per heavy atom. The molecule has 3 aliphatic rings. The molecule has 0 spiro atoms. The smallest absolute Gasteiger partial charge is 0.0889 e. The fraction of sp³-hybridized carbons (Fsp3) is 0.625. The molecular weight excluding hydrogens is 307 g/mol. The zero-order valence-electron chi connectivity index (χ0n) is 11.9. The molecule has 1 aromatic carbocycles. The van der Waals surface area contributed by atoms with Crippen LogP contribution in [0.15, 0.2) is 12.1 Å². The quantitative estimate of drug-likeness (QED) is 0.908. The van der Waals surface area contributed by atoms with E-state index in [1.165, 1.54) is 19.3 Å². The molecule has 1 aliphatic carbocycles. The van der Waals surface area contributed by atoms with Crippen LogP contribution in [0.25, 0.3) is 0 Å². The van der Waals surface area contributed by atoms with Crippen LogP contribution in [0.3, 0.4) is 0 Å². The third-order valence-corrected chi connectivity index (χ3v) is 5.82. The highest BCUT2D eigenvalue weighted by Gasteiger charge is 2.37. The molecule has 5 heteroatoms. The number of halogens is 2. The molecule has 3 atom stereocenters. The van der Waals surface area contributed by atoms with E-state index in [0.717, 1.165) is 52.6 Å². The average Bonchev–Trinajstić information content (AvgIpc) is 3.14. The minimum atomic E-state index is 0.262. The summed E-state index contributed by atoms with van der Waals surface area (Å²) in [5.41, 5.74) is 2.10. The second-order valence-electron chi connectivity index (χ2n) is 6.52. The van der Waals surface area contributed by atoms with E-state index in [1.54, 1.807) is 0 Å². The van der Waals surface area contributed by atoms with Gasteiger partial charge in [0.1, 0.15) is 0 Å². The Labute approximate surface area is 135 Å². The summed E-state index contributed by atoms with van der Waals surface area (Å²) < 4.78 is 0. The fourth-order valence-electron chi connectivity index (χ4n) is 4.04. The second-order valence-corrected chi connectivity index (χ2v) is 7.34. The SMILES string of the molecule is Clc1ccc(Cl)c2c1CC(CON1CC3CCCC3C1)N2. The largest absolute Gasteiger partial charge is 0.378 e. The predicted molar refractivity (Wildman–Crippen MR) is 85.9 cm³/mol. The normalized spacial score (nSPS) is 31.2. The number of rotatable bonds is 3. The first-order valence-electron chi connectivity index (χ1n) is 7.82. The van der Waals surface area contributed by atoms with Gasteiger partial charge >= 0.3 is 0 Å². The van der Waals surface area contributed by atoms with E-state index >= 15 is 0 Å². The summed E-state index contributed by atoms with van der Waals surface area (Å²) in [6.07, 6.45) is 5.04. The highest BCUT2D eigenvalue weighted by molar-refractivity contribution is 6.36. The molecule has 0 amide bonds. The summed E-state index contributed by atoms with van der Waals surface area (Å²) in [5.74, 6) is 1.73. The minimum absolute atomic E-state index is 0.262. The van der Waals surface area contributed by atoms with Gasteiger partial charge in [0.05, 0.1) is 23.4 Å². The Balaban J connectivity index is 1.34. The average molecular weight is 327 g/mol. The van der Waals surface area contributed by atoms with Crippen molar-refractivity contribution < 1.29 is 4.84 Å². The number of nitrogens with one attached hydrogen (secondary N) is 1. The molecule has 3 unspecified atom stereocenters. The molecule has 4 rings (SSSR count). The van der Waals surface area contributed by atoms with E-state index < -0.39 is 0 Å². The zero-order valence-corrected chi connectivity index (χ0v) is 13.5. The van der Waals surface area contributed by atoms with Crippen LogP contribution in [-0.2, 0) is 11.3 Å². The Morgan fingerprint density at radius 3 is 2.57 bits per heavy atom. The van der Waals surface area contributed by atoms with Gasteiger partial charge in [-0.25, -0.2) is 0 Å². The Kier molecular flexibility index (Phi) is 3.78. The lowest BCUT2D eigenvalue weighted by molar-refractivity contribution is -0.150. The van der Waals surface area contributed by atoms with Crippen LogP contribution in [0.2, 0.25) is 10.0 Å². The summed E-state index contributed by atoms with van der Waals surface area (Å²) in [4.78, 5) is 6.02. The van der Waals surface area contributed by atoms with E-state index in [1.807, 2.05) is 12.1 Å². The van der Waals surface area contributed by atoms with Gasteiger partial charge in [0.2, 0.25) is 0 Å². The number of hydrogen-bond donors (Lipinski definition) is 1. The lowest BCUT2D eigenvalue weighted by Gasteiger charge is -2.20. The first-order valence-corrected chi connectivity index (χ1v) is 8.57. The number of benzene rings is 1. The van der Waals surface area contributed by atoms with Crippen LogP contribution in [0.1, 0.15) is 24.8 Å². The van der Waals surface area contributed by atoms with Crippen molar-refractivity contribution in [2.24, 2.45) is 11.8 Å². The third kappa shape index (κ3) is 2.65. The van der Waals surface area contributed by atoms with E-state index in [2.05, 4.69) is 10.4 Å². The molecule has 114 valence electrons. The molecular formula is C16H20Cl2N2O. The lowest BCUT2D eigenvalue weighted by Crippen LogP contribution is -2.30. The van der Waals surface area contributed by atoms with Gasteiger partial charge in [0.25, 0.3) is 0 Å². The van der Waals surface area contributed by atoms with Crippen molar-refractivity contribution >= 4 is 28.9 Å². The third-order valence-electron chi connectivity index (χ3n) is 5.15. The van der Waals surface area contributed by atoms with Crippen molar-refractivity contribution in [1.29, 1.82) is 0 Å². The van der Waals surface area contributed by atoms with Crippen molar-refractivity contribution in [3.05, 3.63) is 27.7 Å². The Bertz CT molecular complexity index is 508. The minimum Gasteiger partial charge on any atom is -0.378 e. The van der Waals surface area contributed by atoms with Crippen molar-refractivity contribution in [3.63, 3.8) is 0 Å². The standard InChI is InChI=1S/C16H20Cl2N2O/c17-14-4-5-15(18)16-13(14)6-12(19-16)9-21-20-7-10-2-1-3-11(10)8-20/h4-5,10-12,19H,1-3,6-9H2. The molecule has 0 aromatic heterocycles. The first kappa shape index (κ1) is 14.1. The number of nitrogens with zero attached hydrogens (tertiary/aromatic N) is 1. The predicted octanol–water partition coefficient (Wildman–Crippen LogP) is 3.99. The summed E-state index contributed by atoms with van der Waals surface area (Å²) in [5, 5.41) is 7.15. The van der Waals surface area contributed by atoms with Crippen molar-refractivity contribution in [1.82, 2.24) is 5.06 Å². The molecule has 0 radical (unpaired) electrons. The van der Waals surface area contributed by atoms with Gasteiger partial charge in [-0.1, -0.05) is 29.6 Å². The summed E-state index contributed by atoms with van der Waals surface area (Å²) in [6.45, 7) is 2.89. The first-order chi connectivity index (χ1) is 10.2. The molecule has 21 heavy (non-hydrogen) atoms. The van der Waals surface area contributed by atoms with E-state index in [9.17, 15) is 0 Å². The van der Waals surface area contributed by atoms with Crippen LogP contribution < -0.4 is 5.32 Å². The number of hydroxylamine groups is 2. The maximum absolute atomic E-state index is 6.25. The lowest BCUT2D eigenvalue weighted by atomic mass is 10.0. The molecule has 1 N–H and O–H groups in total. The molecule has 2 heterocycles. The second kappa shape index (κ2) is 5.62. The highest BCUT2D eigenvalue weighted by Crippen LogP contribution is 2.39. The van der Waals surface area contributed by atoms with Crippen LogP contribution in [0.4, 0.5) is 5.69 Å². The molecule has 2 aliphatic heterocycles. The Hall–Kier alpha value is -0.480. The Morgan fingerprint density at radius 1 is 1.14 bits per heavy atom. The van der Waals surface area contributed by atoms with Gasteiger partial charge in [-0.2, -0.15) is 5.06 Å². The van der Waals surface area contributed by atoms with Crippen LogP contribution in [0.5, 0.6) is 0 Å². The molecule has 3 nitrogen and oxygen atoms in total. The van der Waals surface area contributed by atoms with Gasteiger partial charge in [-0.3, -0.25) is 4.84 Å². The van der Waals surface area contributed by atoms with E-state index in [-0.39, 0.29) is 6.04 Å². The van der Waals surface area contributed by atoms with Crippen molar-refractivity contribution in [2.75, 3.05) is 25.0 Å². The topological polar surface area (TPSA) is 24.5 Å². The van der Waals surface area contributed by atoms with Gasteiger partial charge in [0, 0.05) is 18.1 Å². The van der Waals surface area contributed by atoms with Crippen molar-refractivity contribution in [3.8, 4) is 0 Å². The van der Waals surface area contributed by atoms with Gasteiger partial charge in [-0.05, 0) is 48.8 Å². The monoisotopic (exact) mass is 326 g/mol. The van der Waals surface area contributed by atoms with Crippen molar-refractivity contribution in [2.45, 2.75) is 31.7 Å². The van der Waals surface area contributed by atoms with Gasteiger partial charge in [0.15, 0.2) is 0 Å². The van der Waals surface area contributed by atoms with E-state index in [0.29, 0.717) is 6.61 Å². The molecule has 0 bridgehead atoms. The van der Waals surface area contributed by atoms with Crippen LogP contribution in [0, 0.1) is 11.8 Å². The molecule has 1 saturated carbocycles. The van der Waals surface area contributed by atoms with E-state index in [4.69, 9.17) is 28.0 Å². The van der Waals surface area contributed by atoms with Gasteiger partial charge < -0.3 is 5.32 Å². The van der Waals surface area contributed by atoms with Gasteiger partial charge in [-0.15, -0.1) is 0 Å². The number of anilines is 1. The van der Waals surface area contributed by atoms with Crippen LogP contribution in [-0.4, -0.2) is 30.8 Å². The zero-order chi connectivity index (χ0) is 14.4. The van der Waals surface area contributed by atoms with Crippen LogP contribution >= 0.6 is 23.2 Å². The highest BCUT2D eigenvalue weighted by atomic mass is 35.5. The summed E-state index contributed by atoms with van der Waals surface area (Å²) in [6, 6.07) is 3.98. The summed E-state index contributed by atoms with van der Waals surface area (Å²) >= 11 is 12.5. The molecule has 2 fully saturated rings. The summed E-state index contributed by atoms with van der Waals surface area (Å²) in [7, 11) is 0. The molecule has 1 aromatic rings. The number of fused-ring (bicyclic) bond motifs is 2.